The molecule has 3 rings (SSSR count). The summed E-state index contributed by atoms with van der Waals surface area (Å²) < 4.78 is 4.71. The van der Waals surface area contributed by atoms with E-state index in [-0.39, 0.29) is 11.6 Å². The zero-order valence-corrected chi connectivity index (χ0v) is 14.9. The number of aromatic nitrogens is 2. The summed E-state index contributed by atoms with van der Waals surface area (Å²) in [5, 5.41) is 3.04. The van der Waals surface area contributed by atoms with Crippen molar-refractivity contribution in [2.24, 2.45) is 0 Å². The van der Waals surface area contributed by atoms with Gasteiger partial charge in [-0.25, -0.2) is 14.8 Å². The lowest BCUT2D eigenvalue weighted by molar-refractivity contribution is 0.0600. The number of nitrogens with one attached hydrogen (secondary N) is 1. The number of hydrogen-bond donors (Lipinski definition) is 1. The van der Waals surface area contributed by atoms with Gasteiger partial charge in [0.05, 0.1) is 25.1 Å². The number of carbonyl (C=O) groups is 2. The minimum atomic E-state index is -0.422. The molecule has 7 heteroatoms. The number of rotatable bonds is 5. The molecule has 7 nitrogen and oxygen atoms in total. The number of methoxy groups -OCH3 is 1. The maximum atomic E-state index is 12.5. The zero-order chi connectivity index (χ0) is 19.2. The average molecular weight is 362 g/mol. The van der Waals surface area contributed by atoms with Crippen molar-refractivity contribution in [1.82, 2.24) is 9.97 Å². The number of para-hydroxylation sites is 1. The Balaban J connectivity index is 1.72. The number of nitrogens with zero attached hydrogens (tertiary/aromatic N) is 3. The molecule has 1 amide bonds. The third kappa shape index (κ3) is 4.27. The molecule has 0 unspecified atom stereocenters. The molecular formula is C20H18N4O3. The van der Waals surface area contributed by atoms with Crippen LogP contribution in [0.1, 0.15) is 20.8 Å². The van der Waals surface area contributed by atoms with E-state index < -0.39 is 5.97 Å². The summed E-state index contributed by atoms with van der Waals surface area (Å²) in [6.45, 7) is 0. The highest BCUT2D eigenvalue weighted by Crippen LogP contribution is 2.17. The predicted octanol–water partition coefficient (Wildman–Crippen LogP) is 3.28. The molecule has 1 aromatic heterocycles. The van der Waals surface area contributed by atoms with Gasteiger partial charge in [0.1, 0.15) is 11.5 Å². The van der Waals surface area contributed by atoms with E-state index in [1.165, 1.54) is 24.4 Å². The Morgan fingerprint density at radius 3 is 2.44 bits per heavy atom. The third-order valence-corrected chi connectivity index (χ3v) is 3.88. The van der Waals surface area contributed by atoms with Crippen LogP contribution >= 0.6 is 0 Å². The summed E-state index contributed by atoms with van der Waals surface area (Å²) in [6.07, 6.45) is 2.88. The topological polar surface area (TPSA) is 84.4 Å². The SMILES string of the molecule is COC(=O)c1cccc(Nc2cnc(C(=O)N(C)c3ccccc3)cn2)c1. The number of ether oxygens (including phenoxy) is 1. The van der Waals surface area contributed by atoms with Crippen LogP contribution in [0.25, 0.3) is 0 Å². The van der Waals surface area contributed by atoms with Crippen LogP contribution in [0, 0.1) is 0 Å². The van der Waals surface area contributed by atoms with Crippen molar-refractivity contribution in [3.63, 3.8) is 0 Å². The van der Waals surface area contributed by atoms with Gasteiger partial charge >= 0.3 is 5.97 Å². The molecule has 0 saturated heterocycles. The Bertz CT molecular complexity index is 943. The van der Waals surface area contributed by atoms with E-state index in [4.69, 9.17) is 4.74 Å². The first-order chi connectivity index (χ1) is 13.1. The highest BCUT2D eigenvalue weighted by Gasteiger charge is 2.15. The Kier molecular flexibility index (Phi) is 5.41. The molecule has 1 N–H and O–H groups in total. The van der Waals surface area contributed by atoms with E-state index in [0.29, 0.717) is 17.1 Å². The second-order valence-corrected chi connectivity index (χ2v) is 5.68. The minimum Gasteiger partial charge on any atom is -0.465 e. The summed E-state index contributed by atoms with van der Waals surface area (Å²) in [7, 11) is 3.01. The van der Waals surface area contributed by atoms with E-state index >= 15 is 0 Å². The van der Waals surface area contributed by atoms with Crippen molar-refractivity contribution in [2.45, 2.75) is 0 Å². The molecule has 0 aliphatic rings. The van der Waals surface area contributed by atoms with Gasteiger partial charge in [0.2, 0.25) is 0 Å². The van der Waals surface area contributed by atoms with Gasteiger partial charge < -0.3 is 15.0 Å². The lowest BCUT2D eigenvalue weighted by atomic mass is 10.2. The van der Waals surface area contributed by atoms with Gasteiger partial charge in [0.15, 0.2) is 0 Å². The van der Waals surface area contributed by atoms with Gasteiger partial charge in [-0.2, -0.15) is 0 Å². The molecule has 0 aliphatic heterocycles. The molecule has 0 bridgehead atoms. The van der Waals surface area contributed by atoms with Crippen molar-refractivity contribution in [1.29, 1.82) is 0 Å². The van der Waals surface area contributed by atoms with Crippen LogP contribution in [-0.4, -0.2) is 36.0 Å². The molecule has 27 heavy (non-hydrogen) atoms. The first kappa shape index (κ1) is 18.1. The largest absolute Gasteiger partial charge is 0.465 e. The van der Waals surface area contributed by atoms with E-state index in [0.717, 1.165) is 5.69 Å². The van der Waals surface area contributed by atoms with Gasteiger partial charge in [-0.15, -0.1) is 0 Å². The summed E-state index contributed by atoms with van der Waals surface area (Å²) in [6, 6.07) is 16.1. The Hall–Kier alpha value is -3.74. The lowest BCUT2D eigenvalue weighted by Crippen LogP contribution is -2.27. The number of anilines is 3. The predicted molar refractivity (Wildman–Crippen MR) is 102 cm³/mol. The second-order valence-electron chi connectivity index (χ2n) is 5.68. The fraction of sp³-hybridized carbons (Fsp3) is 0.100. The molecule has 136 valence electrons. The summed E-state index contributed by atoms with van der Waals surface area (Å²) in [5.74, 6) is -0.224. The number of carbonyl (C=O) groups excluding carboxylic acids is 2. The summed E-state index contributed by atoms with van der Waals surface area (Å²) >= 11 is 0. The van der Waals surface area contributed by atoms with Crippen molar-refractivity contribution >= 4 is 29.1 Å². The van der Waals surface area contributed by atoms with Crippen molar-refractivity contribution in [3.8, 4) is 0 Å². The molecule has 0 spiro atoms. The number of benzene rings is 2. The molecule has 0 fully saturated rings. The number of hydrogen-bond acceptors (Lipinski definition) is 6. The maximum absolute atomic E-state index is 12.5. The van der Waals surface area contributed by atoms with Crippen molar-refractivity contribution in [2.75, 3.05) is 24.4 Å². The Labute approximate surface area is 156 Å². The normalized spacial score (nSPS) is 10.1. The summed E-state index contributed by atoms with van der Waals surface area (Å²) in [5.41, 5.74) is 2.08. The van der Waals surface area contributed by atoms with Gasteiger partial charge in [-0.05, 0) is 30.3 Å². The van der Waals surface area contributed by atoms with E-state index in [2.05, 4.69) is 15.3 Å². The summed E-state index contributed by atoms with van der Waals surface area (Å²) in [4.78, 5) is 34.0. The van der Waals surface area contributed by atoms with E-state index in [9.17, 15) is 9.59 Å². The lowest BCUT2D eigenvalue weighted by Gasteiger charge is -2.16. The van der Waals surface area contributed by atoms with E-state index in [1.54, 1.807) is 31.3 Å². The standard InChI is InChI=1S/C20H18N4O3/c1-24(16-9-4-3-5-10-16)19(25)17-12-22-18(13-21-17)23-15-8-6-7-14(11-15)20(26)27-2/h3-13H,1-2H3,(H,22,23). The van der Waals surface area contributed by atoms with Gasteiger partial charge in [-0.3, -0.25) is 4.79 Å². The first-order valence-corrected chi connectivity index (χ1v) is 8.19. The van der Waals surface area contributed by atoms with Crippen LogP contribution in [0.2, 0.25) is 0 Å². The molecule has 0 saturated carbocycles. The molecule has 2 aromatic carbocycles. The molecule has 3 aromatic rings. The van der Waals surface area contributed by atoms with Crippen molar-refractivity contribution in [3.05, 3.63) is 78.2 Å². The van der Waals surface area contributed by atoms with Crippen molar-refractivity contribution < 1.29 is 14.3 Å². The third-order valence-electron chi connectivity index (χ3n) is 3.88. The fourth-order valence-corrected chi connectivity index (χ4v) is 2.43. The molecule has 0 aliphatic carbocycles. The van der Waals surface area contributed by atoms with Crippen LogP contribution < -0.4 is 10.2 Å². The van der Waals surface area contributed by atoms with E-state index in [1.807, 2.05) is 30.3 Å². The number of amides is 1. The van der Waals surface area contributed by atoms with Gasteiger partial charge in [0, 0.05) is 18.4 Å². The molecule has 0 radical (unpaired) electrons. The monoisotopic (exact) mass is 362 g/mol. The highest BCUT2D eigenvalue weighted by atomic mass is 16.5. The highest BCUT2D eigenvalue weighted by molar-refractivity contribution is 6.04. The van der Waals surface area contributed by atoms with Crippen LogP contribution in [0.5, 0.6) is 0 Å². The zero-order valence-electron chi connectivity index (χ0n) is 14.9. The molecular weight excluding hydrogens is 344 g/mol. The van der Waals surface area contributed by atoms with Crippen LogP contribution in [0.4, 0.5) is 17.2 Å². The fourth-order valence-electron chi connectivity index (χ4n) is 2.43. The Morgan fingerprint density at radius 1 is 1.00 bits per heavy atom. The van der Waals surface area contributed by atoms with Gasteiger partial charge in [-0.1, -0.05) is 24.3 Å². The molecule has 0 atom stereocenters. The number of esters is 1. The smallest absolute Gasteiger partial charge is 0.337 e. The van der Waals surface area contributed by atoms with Crippen LogP contribution in [0.15, 0.2) is 67.0 Å². The van der Waals surface area contributed by atoms with Crippen LogP contribution in [0.3, 0.4) is 0 Å². The minimum absolute atomic E-state index is 0.232. The van der Waals surface area contributed by atoms with Crippen LogP contribution in [-0.2, 0) is 4.74 Å². The average Bonchev–Trinajstić information content (AvgIpc) is 2.73. The Morgan fingerprint density at radius 2 is 1.78 bits per heavy atom. The molecule has 1 heterocycles. The second kappa shape index (κ2) is 8.09. The van der Waals surface area contributed by atoms with Gasteiger partial charge in [0.25, 0.3) is 5.91 Å². The first-order valence-electron chi connectivity index (χ1n) is 8.19. The maximum Gasteiger partial charge on any atom is 0.337 e. The quantitative estimate of drug-likeness (QED) is 0.701.